The molecular weight excluding hydrogens is 328 g/mol. The van der Waals surface area contributed by atoms with Crippen LogP contribution in [0.3, 0.4) is 0 Å². The highest BCUT2D eigenvalue weighted by atomic mass is 19.1. The van der Waals surface area contributed by atoms with E-state index in [0.717, 1.165) is 22.6 Å². The van der Waals surface area contributed by atoms with Crippen LogP contribution in [0.5, 0.6) is 0 Å². The van der Waals surface area contributed by atoms with Gasteiger partial charge in [-0.15, -0.1) is 0 Å². The second kappa shape index (κ2) is 11.0. The lowest BCUT2D eigenvalue weighted by molar-refractivity contribution is 0.628. The Morgan fingerprint density at radius 3 is 1.08 bits per heavy atom. The maximum Gasteiger partial charge on any atom is 0.123 e. The molecule has 0 aliphatic rings. The van der Waals surface area contributed by atoms with Gasteiger partial charge in [0.1, 0.15) is 11.6 Å². The summed E-state index contributed by atoms with van der Waals surface area (Å²) in [6.45, 7) is 10.0. The molecule has 3 aromatic carbocycles. The van der Waals surface area contributed by atoms with Crippen LogP contribution in [0.25, 0.3) is 0 Å². The molecule has 0 amide bonds. The van der Waals surface area contributed by atoms with E-state index in [0.29, 0.717) is 0 Å². The lowest BCUT2D eigenvalue weighted by atomic mass is 10.1. The Balaban J connectivity index is 0.000000791. The zero-order valence-corrected chi connectivity index (χ0v) is 16.1. The van der Waals surface area contributed by atoms with Crippen LogP contribution in [-0.4, -0.2) is 0 Å². The van der Waals surface area contributed by atoms with E-state index in [4.69, 9.17) is 0 Å². The first kappa shape index (κ1) is 21.4. The van der Waals surface area contributed by atoms with Crippen molar-refractivity contribution >= 4 is 17.1 Å². The average Bonchev–Trinajstić information content (AvgIpc) is 2.70. The van der Waals surface area contributed by atoms with Gasteiger partial charge in [0, 0.05) is 17.1 Å². The first-order valence-corrected chi connectivity index (χ1v) is 9.01. The molecule has 0 aliphatic heterocycles. The summed E-state index contributed by atoms with van der Waals surface area (Å²) in [6, 6.07) is 20.5. The van der Waals surface area contributed by atoms with Crippen molar-refractivity contribution < 1.29 is 8.78 Å². The molecule has 0 aliphatic carbocycles. The zero-order chi connectivity index (χ0) is 19.5. The molecule has 0 heterocycles. The Morgan fingerprint density at radius 2 is 0.769 bits per heavy atom. The fourth-order valence-electron chi connectivity index (χ4n) is 2.32. The minimum Gasteiger partial charge on any atom is -0.310 e. The quantitative estimate of drug-likeness (QED) is 0.463. The summed E-state index contributed by atoms with van der Waals surface area (Å²) in [6.07, 6.45) is 0. The van der Waals surface area contributed by atoms with Crippen molar-refractivity contribution in [2.24, 2.45) is 0 Å². The largest absolute Gasteiger partial charge is 0.310 e. The van der Waals surface area contributed by atoms with Crippen LogP contribution in [-0.2, 0) is 0 Å². The first-order chi connectivity index (χ1) is 12.6. The summed E-state index contributed by atoms with van der Waals surface area (Å²) in [4.78, 5) is 1.96. The van der Waals surface area contributed by atoms with E-state index >= 15 is 0 Å². The van der Waals surface area contributed by atoms with Gasteiger partial charge in [-0.3, -0.25) is 0 Å². The maximum absolute atomic E-state index is 13.2. The van der Waals surface area contributed by atoms with Gasteiger partial charge >= 0.3 is 0 Å². The van der Waals surface area contributed by atoms with Crippen molar-refractivity contribution in [3.8, 4) is 0 Å². The van der Waals surface area contributed by atoms with Crippen LogP contribution >= 0.6 is 0 Å². The highest BCUT2D eigenvalue weighted by Crippen LogP contribution is 2.34. The predicted octanol–water partition coefficient (Wildman–Crippen LogP) is 7.80. The molecule has 3 aromatic rings. The predicted molar refractivity (Wildman–Crippen MR) is 108 cm³/mol. The van der Waals surface area contributed by atoms with Gasteiger partial charge in [0.05, 0.1) is 0 Å². The van der Waals surface area contributed by atoms with E-state index in [1.807, 2.05) is 63.8 Å². The van der Waals surface area contributed by atoms with E-state index in [1.165, 1.54) is 24.3 Å². The van der Waals surface area contributed by atoms with E-state index in [2.05, 4.69) is 0 Å². The molecule has 0 saturated heterocycles. The third-order valence-corrected chi connectivity index (χ3v) is 3.46. The lowest BCUT2D eigenvalue weighted by Crippen LogP contribution is -2.09. The second-order valence-corrected chi connectivity index (χ2v) is 5.12. The van der Waals surface area contributed by atoms with Crippen LogP contribution < -0.4 is 4.90 Å². The van der Waals surface area contributed by atoms with E-state index in [1.54, 1.807) is 24.3 Å². The molecule has 0 spiro atoms. The van der Waals surface area contributed by atoms with Crippen molar-refractivity contribution in [3.63, 3.8) is 0 Å². The number of benzene rings is 3. The van der Waals surface area contributed by atoms with Gasteiger partial charge in [-0.2, -0.15) is 0 Å². The summed E-state index contributed by atoms with van der Waals surface area (Å²) in [5.74, 6) is -0.571. The molecular formula is C23H27F2N. The zero-order valence-electron chi connectivity index (χ0n) is 16.1. The van der Waals surface area contributed by atoms with Crippen LogP contribution in [0.4, 0.5) is 25.8 Å². The number of anilines is 3. The fourth-order valence-corrected chi connectivity index (χ4v) is 2.32. The summed E-state index contributed by atoms with van der Waals surface area (Å²) >= 11 is 0. The van der Waals surface area contributed by atoms with E-state index in [-0.39, 0.29) is 11.6 Å². The Hall–Kier alpha value is -2.68. The van der Waals surface area contributed by atoms with Gasteiger partial charge in [0.15, 0.2) is 0 Å². The third-order valence-electron chi connectivity index (χ3n) is 3.46. The van der Waals surface area contributed by atoms with Gasteiger partial charge in [0.25, 0.3) is 0 Å². The Kier molecular flexibility index (Phi) is 9.07. The van der Waals surface area contributed by atoms with Crippen LogP contribution in [0, 0.1) is 18.6 Å². The molecule has 0 atom stereocenters. The monoisotopic (exact) mass is 355 g/mol. The minimum atomic E-state index is -0.285. The standard InChI is InChI=1S/C19H15F2N.2C2H6/c1-14-2-8-17(9-3-14)22(18-10-4-15(20)5-11-18)19-12-6-16(21)7-13-19;2*1-2/h2-13H,1H3;2*1-2H3. The van der Waals surface area contributed by atoms with Gasteiger partial charge in [-0.25, -0.2) is 8.78 Å². The average molecular weight is 355 g/mol. The van der Waals surface area contributed by atoms with Crippen molar-refractivity contribution in [1.82, 2.24) is 0 Å². The Labute approximate surface area is 155 Å². The number of rotatable bonds is 3. The summed E-state index contributed by atoms with van der Waals surface area (Å²) < 4.78 is 26.4. The van der Waals surface area contributed by atoms with Crippen molar-refractivity contribution in [2.45, 2.75) is 34.6 Å². The van der Waals surface area contributed by atoms with Gasteiger partial charge in [0.2, 0.25) is 0 Å². The SMILES string of the molecule is CC.CC.Cc1ccc(N(c2ccc(F)cc2)c2ccc(F)cc2)cc1. The molecule has 0 saturated carbocycles. The molecule has 3 rings (SSSR count). The first-order valence-electron chi connectivity index (χ1n) is 9.01. The highest BCUT2D eigenvalue weighted by molar-refractivity contribution is 5.76. The van der Waals surface area contributed by atoms with Crippen molar-refractivity contribution in [3.05, 3.63) is 90.0 Å². The molecule has 1 nitrogen and oxygen atoms in total. The number of hydrogen-bond donors (Lipinski definition) is 0. The number of nitrogens with zero attached hydrogens (tertiary/aromatic N) is 1. The van der Waals surface area contributed by atoms with Crippen molar-refractivity contribution in [2.75, 3.05) is 4.90 Å². The minimum absolute atomic E-state index is 0.285. The molecule has 0 unspecified atom stereocenters. The normalized spacial score (nSPS) is 9.35. The van der Waals surface area contributed by atoms with Gasteiger partial charge < -0.3 is 4.90 Å². The molecule has 0 bridgehead atoms. The smallest absolute Gasteiger partial charge is 0.123 e. The van der Waals surface area contributed by atoms with Gasteiger partial charge in [-0.05, 0) is 67.6 Å². The molecule has 0 aromatic heterocycles. The molecule has 138 valence electrons. The summed E-state index contributed by atoms with van der Waals surface area (Å²) in [5, 5.41) is 0. The fraction of sp³-hybridized carbons (Fsp3) is 0.217. The van der Waals surface area contributed by atoms with Crippen LogP contribution in [0.1, 0.15) is 33.3 Å². The number of hydrogen-bond acceptors (Lipinski definition) is 1. The number of halogens is 2. The maximum atomic E-state index is 13.2. The Morgan fingerprint density at radius 1 is 0.500 bits per heavy atom. The van der Waals surface area contributed by atoms with E-state index in [9.17, 15) is 8.78 Å². The molecule has 0 radical (unpaired) electrons. The van der Waals surface area contributed by atoms with Crippen LogP contribution in [0.2, 0.25) is 0 Å². The lowest BCUT2D eigenvalue weighted by Gasteiger charge is -2.25. The second-order valence-electron chi connectivity index (χ2n) is 5.12. The summed E-state index contributed by atoms with van der Waals surface area (Å²) in [7, 11) is 0. The van der Waals surface area contributed by atoms with Crippen LogP contribution in [0.15, 0.2) is 72.8 Å². The highest BCUT2D eigenvalue weighted by Gasteiger charge is 2.12. The summed E-state index contributed by atoms with van der Waals surface area (Å²) in [5.41, 5.74) is 3.72. The third kappa shape index (κ3) is 5.69. The molecule has 26 heavy (non-hydrogen) atoms. The topological polar surface area (TPSA) is 3.24 Å². The Bertz CT molecular complexity index is 640. The van der Waals surface area contributed by atoms with Crippen molar-refractivity contribution in [1.29, 1.82) is 0 Å². The van der Waals surface area contributed by atoms with E-state index < -0.39 is 0 Å². The number of aryl methyl sites for hydroxylation is 1. The van der Waals surface area contributed by atoms with Gasteiger partial charge in [-0.1, -0.05) is 45.4 Å². The molecule has 0 fully saturated rings. The molecule has 0 N–H and O–H groups in total. The molecule has 3 heteroatoms.